The van der Waals surface area contributed by atoms with Crippen molar-refractivity contribution in [1.29, 1.82) is 0 Å². The predicted molar refractivity (Wildman–Crippen MR) is 88.1 cm³/mol. The molecule has 2 N–H and O–H groups in total. The Hall–Kier alpha value is -2.81. The van der Waals surface area contributed by atoms with Crippen molar-refractivity contribution in [3.05, 3.63) is 23.8 Å². The second-order valence-electron chi connectivity index (χ2n) is 5.96. The van der Waals surface area contributed by atoms with Crippen molar-refractivity contribution >= 4 is 17.8 Å². The van der Waals surface area contributed by atoms with E-state index in [9.17, 15) is 14.4 Å². The molecule has 1 aromatic carbocycles. The molecule has 2 aliphatic rings. The summed E-state index contributed by atoms with van der Waals surface area (Å²) < 4.78 is 15.4. The van der Waals surface area contributed by atoms with Gasteiger partial charge in [-0.15, -0.1) is 0 Å². The highest BCUT2D eigenvalue weighted by molar-refractivity contribution is 5.98. The lowest BCUT2D eigenvalue weighted by molar-refractivity contribution is -0.142. The fourth-order valence-electron chi connectivity index (χ4n) is 3.00. The van der Waals surface area contributed by atoms with Gasteiger partial charge in [0.15, 0.2) is 11.5 Å². The maximum atomic E-state index is 12.8. The van der Waals surface area contributed by atoms with E-state index in [2.05, 4.69) is 5.32 Å². The van der Waals surface area contributed by atoms with Gasteiger partial charge in [-0.1, -0.05) is 0 Å². The number of ether oxygens (including phenoxy) is 3. The Morgan fingerprint density at radius 1 is 1.27 bits per heavy atom. The zero-order valence-electron chi connectivity index (χ0n) is 14.1. The van der Waals surface area contributed by atoms with E-state index in [1.54, 1.807) is 23.1 Å². The third-order valence-electron chi connectivity index (χ3n) is 4.21. The van der Waals surface area contributed by atoms with E-state index in [0.717, 1.165) is 6.42 Å². The first kappa shape index (κ1) is 18.0. The standard InChI is InChI=1S/C17H20N2O7/c20-15(21)9-24-7-5-18-16(22)12-2-1-6-19(12)17(23)11-3-4-13-14(8-11)26-10-25-13/h3-4,8,12H,1-2,5-7,9-10H2,(H,18,22)(H,20,21). The summed E-state index contributed by atoms with van der Waals surface area (Å²) in [6, 6.07) is 4.41. The molecule has 1 atom stereocenters. The highest BCUT2D eigenvalue weighted by Crippen LogP contribution is 2.33. The van der Waals surface area contributed by atoms with Gasteiger partial charge >= 0.3 is 5.97 Å². The second-order valence-corrected chi connectivity index (χ2v) is 5.96. The Morgan fingerprint density at radius 2 is 2.08 bits per heavy atom. The minimum atomic E-state index is -1.06. The number of carbonyl (C=O) groups excluding carboxylic acids is 2. The summed E-state index contributed by atoms with van der Waals surface area (Å²) in [6.07, 6.45) is 1.32. The fraction of sp³-hybridized carbons (Fsp3) is 0.471. The van der Waals surface area contributed by atoms with Crippen molar-refractivity contribution in [3.8, 4) is 11.5 Å². The number of benzene rings is 1. The first-order valence-electron chi connectivity index (χ1n) is 8.34. The molecule has 0 bridgehead atoms. The van der Waals surface area contributed by atoms with Crippen molar-refractivity contribution in [3.63, 3.8) is 0 Å². The number of likely N-dealkylation sites (tertiary alicyclic amines) is 1. The quantitative estimate of drug-likeness (QED) is 0.666. The Balaban J connectivity index is 1.56. The van der Waals surface area contributed by atoms with Crippen LogP contribution in [0.5, 0.6) is 11.5 Å². The maximum Gasteiger partial charge on any atom is 0.329 e. The SMILES string of the molecule is O=C(O)COCCNC(=O)C1CCCN1C(=O)c1ccc2c(c1)OCO2. The van der Waals surface area contributed by atoms with E-state index < -0.39 is 18.6 Å². The molecule has 0 radical (unpaired) electrons. The van der Waals surface area contributed by atoms with Gasteiger partial charge in [-0.3, -0.25) is 9.59 Å². The molecule has 1 aromatic rings. The average molecular weight is 364 g/mol. The van der Waals surface area contributed by atoms with Crippen molar-refractivity contribution < 1.29 is 33.7 Å². The van der Waals surface area contributed by atoms with Crippen LogP contribution in [-0.2, 0) is 14.3 Å². The second kappa shape index (κ2) is 8.05. The minimum absolute atomic E-state index is 0.0981. The summed E-state index contributed by atoms with van der Waals surface area (Å²) in [6.45, 7) is 0.510. The molecule has 26 heavy (non-hydrogen) atoms. The van der Waals surface area contributed by atoms with Gasteiger partial charge in [0, 0.05) is 18.7 Å². The maximum absolute atomic E-state index is 12.8. The molecule has 9 heteroatoms. The van der Waals surface area contributed by atoms with Crippen LogP contribution in [0.1, 0.15) is 23.2 Å². The van der Waals surface area contributed by atoms with Gasteiger partial charge in [0.05, 0.1) is 6.61 Å². The molecule has 0 spiro atoms. The number of hydrogen-bond acceptors (Lipinski definition) is 6. The van der Waals surface area contributed by atoms with Gasteiger partial charge in [-0.25, -0.2) is 4.79 Å². The molecule has 3 rings (SSSR count). The van der Waals surface area contributed by atoms with Gasteiger partial charge in [0.1, 0.15) is 12.6 Å². The van der Waals surface area contributed by atoms with E-state index in [1.165, 1.54) is 0 Å². The van der Waals surface area contributed by atoms with Crippen LogP contribution in [0.4, 0.5) is 0 Å². The van der Waals surface area contributed by atoms with Crippen molar-refractivity contribution in [2.45, 2.75) is 18.9 Å². The smallest absolute Gasteiger partial charge is 0.329 e. The third-order valence-corrected chi connectivity index (χ3v) is 4.21. The first-order valence-corrected chi connectivity index (χ1v) is 8.34. The van der Waals surface area contributed by atoms with Crippen LogP contribution >= 0.6 is 0 Å². The number of rotatable bonds is 7. The van der Waals surface area contributed by atoms with Crippen LogP contribution in [-0.4, -0.2) is 66.9 Å². The highest BCUT2D eigenvalue weighted by atomic mass is 16.7. The lowest BCUT2D eigenvalue weighted by atomic mass is 10.1. The van der Waals surface area contributed by atoms with E-state index in [4.69, 9.17) is 19.3 Å². The van der Waals surface area contributed by atoms with E-state index in [1.807, 2.05) is 0 Å². The van der Waals surface area contributed by atoms with Crippen LogP contribution in [0.2, 0.25) is 0 Å². The summed E-state index contributed by atoms with van der Waals surface area (Å²) in [4.78, 5) is 37.0. The summed E-state index contributed by atoms with van der Waals surface area (Å²) >= 11 is 0. The fourth-order valence-corrected chi connectivity index (χ4v) is 3.00. The predicted octanol–water partition coefficient (Wildman–Crippen LogP) is 0.237. The Bertz CT molecular complexity index is 706. The number of carbonyl (C=O) groups is 3. The van der Waals surface area contributed by atoms with Gasteiger partial charge in [-0.05, 0) is 31.0 Å². The molecule has 1 unspecified atom stereocenters. The largest absolute Gasteiger partial charge is 0.480 e. The molecule has 2 aliphatic heterocycles. The number of amides is 2. The lowest BCUT2D eigenvalue weighted by Gasteiger charge is -2.24. The zero-order valence-corrected chi connectivity index (χ0v) is 14.1. The topological polar surface area (TPSA) is 114 Å². The average Bonchev–Trinajstić information content (AvgIpc) is 3.28. The molecule has 140 valence electrons. The molecule has 1 fully saturated rings. The molecule has 1 saturated heterocycles. The number of hydrogen-bond donors (Lipinski definition) is 2. The van der Waals surface area contributed by atoms with Crippen LogP contribution < -0.4 is 14.8 Å². The molecule has 2 heterocycles. The van der Waals surface area contributed by atoms with Gasteiger partial charge < -0.3 is 29.5 Å². The van der Waals surface area contributed by atoms with Crippen LogP contribution in [0.15, 0.2) is 18.2 Å². The molecule has 0 aliphatic carbocycles. The molecule has 0 aromatic heterocycles. The van der Waals surface area contributed by atoms with Crippen molar-refractivity contribution in [1.82, 2.24) is 10.2 Å². The number of carboxylic acids is 1. The van der Waals surface area contributed by atoms with E-state index in [0.29, 0.717) is 30.0 Å². The third kappa shape index (κ3) is 4.05. The Labute approximate surface area is 149 Å². The zero-order chi connectivity index (χ0) is 18.5. The number of carboxylic acid groups (broad SMARTS) is 1. The Morgan fingerprint density at radius 3 is 2.88 bits per heavy atom. The van der Waals surface area contributed by atoms with Crippen molar-refractivity contribution in [2.75, 3.05) is 33.1 Å². The van der Waals surface area contributed by atoms with Crippen LogP contribution in [0.3, 0.4) is 0 Å². The van der Waals surface area contributed by atoms with Crippen LogP contribution in [0.25, 0.3) is 0 Å². The van der Waals surface area contributed by atoms with E-state index >= 15 is 0 Å². The molecule has 9 nitrogen and oxygen atoms in total. The van der Waals surface area contributed by atoms with E-state index in [-0.39, 0.29) is 31.8 Å². The summed E-state index contributed by atoms with van der Waals surface area (Å²) in [5.41, 5.74) is 0.443. The van der Waals surface area contributed by atoms with Crippen molar-refractivity contribution in [2.24, 2.45) is 0 Å². The molecular weight excluding hydrogens is 344 g/mol. The number of fused-ring (bicyclic) bond motifs is 1. The minimum Gasteiger partial charge on any atom is -0.480 e. The lowest BCUT2D eigenvalue weighted by Crippen LogP contribution is -2.46. The normalized spacial score (nSPS) is 18.0. The number of nitrogens with one attached hydrogen (secondary N) is 1. The summed E-state index contributed by atoms with van der Waals surface area (Å²) in [5.74, 6) is -0.448. The monoisotopic (exact) mass is 364 g/mol. The Kier molecular flexibility index (Phi) is 5.57. The summed E-state index contributed by atoms with van der Waals surface area (Å²) in [7, 11) is 0. The number of aliphatic carboxylic acids is 1. The van der Waals surface area contributed by atoms with Gasteiger partial charge in [0.25, 0.3) is 5.91 Å². The molecule has 0 saturated carbocycles. The first-order chi connectivity index (χ1) is 12.6. The number of nitrogens with zero attached hydrogens (tertiary/aromatic N) is 1. The van der Waals surface area contributed by atoms with Gasteiger partial charge in [0.2, 0.25) is 12.7 Å². The highest BCUT2D eigenvalue weighted by Gasteiger charge is 2.34. The summed E-state index contributed by atoms with van der Waals surface area (Å²) in [5, 5.41) is 11.2. The molecule has 2 amide bonds. The van der Waals surface area contributed by atoms with Gasteiger partial charge in [-0.2, -0.15) is 0 Å². The molecular formula is C17H20N2O7. The van der Waals surface area contributed by atoms with Crippen LogP contribution in [0, 0.1) is 0 Å².